The van der Waals surface area contributed by atoms with Crippen LogP contribution >= 0.6 is 0 Å². The topological polar surface area (TPSA) is 32.7 Å². The van der Waals surface area contributed by atoms with Crippen molar-refractivity contribution in [2.24, 2.45) is 0 Å². The Bertz CT molecular complexity index is 585. The number of hydrogen-bond acceptors (Lipinski definition) is 3. The number of aliphatic hydroxyl groups is 1. The van der Waals surface area contributed by atoms with Crippen LogP contribution in [0.5, 0.6) is 11.5 Å². The molecule has 2 aromatic rings. The smallest absolute Gasteiger partial charge is 0.165 e. The highest BCUT2D eigenvalue weighted by Crippen LogP contribution is 2.27. The lowest BCUT2D eigenvalue weighted by molar-refractivity contribution is 0.119. The maximum Gasteiger partial charge on any atom is 0.165 e. The molecule has 3 nitrogen and oxygen atoms in total. The Morgan fingerprint density at radius 1 is 1.09 bits per heavy atom. The minimum atomic E-state index is -0.668. The third-order valence-corrected chi connectivity index (χ3v) is 3.64. The molecular weight excluding hydrogens is 281 g/mol. The largest absolute Gasteiger partial charge is 0.454 e. The maximum atomic E-state index is 13.9. The van der Waals surface area contributed by atoms with Crippen molar-refractivity contribution in [2.75, 3.05) is 19.6 Å². The molecule has 0 radical (unpaired) electrons. The second-order valence-electron chi connectivity index (χ2n) is 5.11. The summed E-state index contributed by atoms with van der Waals surface area (Å²) in [4.78, 5) is 2.12. The van der Waals surface area contributed by atoms with E-state index < -0.39 is 11.9 Å². The second-order valence-corrected chi connectivity index (χ2v) is 5.11. The maximum absolute atomic E-state index is 13.9. The lowest BCUT2D eigenvalue weighted by Gasteiger charge is -2.22. The van der Waals surface area contributed by atoms with Crippen LogP contribution in [0.25, 0.3) is 0 Å². The number of aliphatic hydroxyl groups excluding tert-OH is 1. The minimum Gasteiger partial charge on any atom is -0.454 e. The predicted octanol–water partition coefficient (Wildman–Crippen LogP) is 3.99. The Labute approximate surface area is 131 Å². The lowest BCUT2D eigenvalue weighted by atomic mass is 10.1. The van der Waals surface area contributed by atoms with Crippen LogP contribution in [0.4, 0.5) is 4.39 Å². The molecule has 0 aliphatic carbocycles. The molecule has 2 rings (SSSR count). The van der Waals surface area contributed by atoms with E-state index in [4.69, 9.17) is 4.74 Å². The first-order valence-corrected chi connectivity index (χ1v) is 7.56. The molecule has 0 saturated carbocycles. The van der Waals surface area contributed by atoms with Crippen molar-refractivity contribution in [3.63, 3.8) is 0 Å². The molecule has 0 spiro atoms. The zero-order valence-corrected chi connectivity index (χ0v) is 13.0. The van der Waals surface area contributed by atoms with Gasteiger partial charge < -0.3 is 14.7 Å². The molecule has 0 bridgehead atoms. The van der Waals surface area contributed by atoms with Crippen molar-refractivity contribution in [1.29, 1.82) is 0 Å². The van der Waals surface area contributed by atoms with Gasteiger partial charge in [0, 0.05) is 6.54 Å². The van der Waals surface area contributed by atoms with Gasteiger partial charge in [-0.3, -0.25) is 0 Å². The summed E-state index contributed by atoms with van der Waals surface area (Å²) >= 11 is 0. The summed E-state index contributed by atoms with van der Waals surface area (Å²) in [5, 5.41) is 10.3. The van der Waals surface area contributed by atoms with E-state index in [2.05, 4.69) is 4.90 Å². The molecule has 0 amide bonds. The zero-order valence-electron chi connectivity index (χ0n) is 13.0. The van der Waals surface area contributed by atoms with E-state index in [1.165, 1.54) is 6.07 Å². The quantitative estimate of drug-likeness (QED) is 0.839. The highest BCUT2D eigenvalue weighted by atomic mass is 19.1. The van der Waals surface area contributed by atoms with Gasteiger partial charge in [0.15, 0.2) is 11.6 Å². The first kappa shape index (κ1) is 16.5. The van der Waals surface area contributed by atoms with Crippen LogP contribution < -0.4 is 4.74 Å². The number of ether oxygens (including phenoxy) is 1. The first-order chi connectivity index (χ1) is 10.6. The van der Waals surface area contributed by atoms with Crippen LogP contribution in [-0.2, 0) is 0 Å². The second kappa shape index (κ2) is 7.92. The van der Waals surface area contributed by atoms with Crippen molar-refractivity contribution in [3.05, 3.63) is 59.9 Å². The molecule has 1 atom stereocenters. The Morgan fingerprint density at radius 3 is 2.41 bits per heavy atom. The van der Waals surface area contributed by atoms with E-state index in [0.717, 1.165) is 13.1 Å². The Kier molecular flexibility index (Phi) is 5.92. The number of rotatable bonds is 7. The summed E-state index contributed by atoms with van der Waals surface area (Å²) in [6, 6.07) is 13.5. The summed E-state index contributed by atoms with van der Waals surface area (Å²) in [5.74, 6) is 0.252. The molecule has 1 unspecified atom stereocenters. The Balaban J connectivity index is 2.15. The summed E-state index contributed by atoms with van der Waals surface area (Å²) in [6.07, 6.45) is -0.668. The number of nitrogens with zero attached hydrogens (tertiary/aromatic N) is 1. The predicted molar refractivity (Wildman–Crippen MR) is 85.7 cm³/mol. The van der Waals surface area contributed by atoms with E-state index >= 15 is 0 Å². The summed E-state index contributed by atoms with van der Waals surface area (Å²) in [5.41, 5.74) is 0.652. The van der Waals surface area contributed by atoms with E-state index in [9.17, 15) is 9.50 Å². The molecule has 0 heterocycles. The molecule has 118 valence electrons. The third-order valence-electron chi connectivity index (χ3n) is 3.64. The van der Waals surface area contributed by atoms with Crippen LogP contribution in [0.15, 0.2) is 48.5 Å². The lowest BCUT2D eigenvalue weighted by Crippen LogP contribution is -2.28. The standard InChI is InChI=1S/C18H22FNO2/c1-3-20(4-2)13-17(21)14-10-11-16(19)18(12-14)22-15-8-6-5-7-9-15/h5-12,17,21H,3-4,13H2,1-2H3. The van der Waals surface area contributed by atoms with Crippen LogP contribution in [0.2, 0.25) is 0 Å². The molecule has 22 heavy (non-hydrogen) atoms. The van der Waals surface area contributed by atoms with Gasteiger partial charge in [0.25, 0.3) is 0 Å². The van der Waals surface area contributed by atoms with Crippen molar-refractivity contribution < 1.29 is 14.2 Å². The highest BCUT2D eigenvalue weighted by molar-refractivity contribution is 5.36. The van der Waals surface area contributed by atoms with Gasteiger partial charge in [0.05, 0.1) is 6.10 Å². The normalized spacial score (nSPS) is 12.4. The minimum absolute atomic E-state index is 0.127. The molecule has 0 aliphatic heterocycles. The fourth-order valence-corrected chi connectivity index (χ4v) is 2.25. The van der Waals surface area contributed by atoms with Crippen LogP contribution in [0.3, 0.4) is 0 Å². The van der Waals surface area contributed by atoms with Gasteiger partial charge in [0.1, 0.15) is 5.75 Å². The van der Waals surface area contributed by atoms with Gasteiger partial charge in [-0.1, -0.05) is 38.1 Å². The number of hydrogen-bond donors (Lipinski definition) is 1. The van der Waals surface area contributed by atoms with Crippen molar-refractivity contribution in [3.8, 4) is 11.5 Å². The first-order valence-electron chi connectivity index (χ1n) is 7.56. The van der Waals surface area contributed by atoms with Gasteiger partial charge in [-0.05, 0) is 42.9 Å². The van der Waals surface area contributed by atoms with Crippen molar-refractivity contribution in [1.82, 2.24) is 4.90 Å². The molecule has 1 N–H and O–H groups in total. The number of likely N-dealkylation sites (N-methyl/N-ethyl adjacent to an activating group) is 1. The number of benzene rings is 2. The Morgan fingerprint density at radius 2 is 1.77 bits per heavy atom. The van der Waals surface area contributed by atoms with Crippen molar-refractivity contribution >= 4 is 0 Å². The SMILES string of the molecule is CCN(CC)CC(O)c1ccc(F)c(Oc2ccccc2)c1. The van der Waals surface area contributed by atoms with Gasteiger partial charge in [-0.2, -0.15) is 0 Å². The van der Waals surface area contributed by atoms with Crippen LogP contribution in [0.1, 0.15) is 25.5 Å². The molecule has 0 aromatic heterocycles. The molecule has 0 fully saturated rings. The number of para-hydroxylation sites is 1. The highest BCUT2D eigenvalue weighted by Gasteiger charge is 2.14. The summed E-state index contributed by atoms with van der Waals surface area (Å²) in [6.45, 7) is 6.34. The number of halogens is 1. The summed E-state index contributed by atoms with van der Waals surface area (Å²) in [7, 11) is 0. The average Bonchev–Trinajstić information content (AvgIpc) is 2.55. The fourth-order valence-electron chi connectivity index (χ4n) is 2.25. The average molecular weight is 303 g/mol. The molecule has 0 saturated heterocycles. The van der Waals surface area contributed by atoms with Gasteiger partial charge in [0.2, 0.25) is 0 Å². The fraction of sp³-hybridized carbons (Fsp3) is 0.333. The Hall–Kier alpha value is -1.91. The summed E-state index contributed by atoms with van der Waals surface area (Å²) < 4.78 is 19.5. The molecule has 0 aliphatic rings. The zero-order chi connectivity index (χ0) is 15.9. The van der Waals surface area contributed by atoms with E-state index in [1.807, 2.05) is 32.0 Å². The van der Waals surface area contributed by atoms with Gasteiger partial charge >= 0.3 is 0 Å². The van der Waals surface area contributed by atoms with Gasteiger partial charge in [-0.25, -0.2) is 4.39 Å². The van der Waals surface area contributed by atoms with E-state index in [0.29, 0.717) is 17.9 Å². The van der Waals surface area contributed by atoms with Crippen LogP contribution in [-0.4, -0.2) is 29.6 Å². The van der Waals surface area contributed by atoms with E-state index in [1.54, 1.807) is 24.3 Å². The van der Waals surface area contributed by atoms with Gasteiger partial charge in [-0.15, -0.1) is 0 Å². The van der Waals surface area contributed by atoms with E-state index in [-0.39, 0.29) is 5.75 Å². The van der Waals surface area contributed by atoms with Crippen LogP contribution in [0, 0.1) is 5.82 Å². The molecule has 2 aromatic carbocycles. The monoisotopic (exact) mass is 303 g/mol. The third kappa shape index (κ3) is 4.29. The van der Waals surface area contributed by atoms with Crippen molar-refractivity contribution in [2.45, 2.75) is 20.0 Å². The molecular formula is C18H22FNO2. The molecule has 4 heteroatoms.